The van der Waals surface area contributed by atoms with E-state index in [9.17, 15) is 0 Å². The second-order valence-corrected chi connectivity index (χ2v) is 2.25. The van der Waals surface area contributed by atoms with Gasteiger partial charge in [0.25, 0.3) is 0 Å². The molecule has 0 atom stereocenters. The van der Waals surface area contributed by atoms with E-state index in [4.69, 9.17) is 25.5 Å². The predicted octanol–water partition coefficient (Wildman–Crippen LogP) is 2.33. The number of diazo groups is 1. The van der Waals surface area contributed by atoms with Gasteiger partial charge < -0.3 is 20.1 Å². The summed E-state index contributed by atoms with van der Waals surface area (Å²) < 4.78 is 5.18. The number of benzene rings is 1. The van der Waals surface area contributed by atoms with Gasteiger partial charge in [-0.05, 0) is 19.1 Å². The van der Waals surface area contributed by atoms with Crippen molar-refractivity contribution in [1.29, 1.82) is 5.39 Å². The third-order valence-electron chi connectivity index (χ3n) is 1.26. The highest BCUT2D eigenvalue weighted by Crippen LogP contribution is 2.17. The van der Waals surface area contributed by atoms with Gasteiger partial charge >= 0.3 is 5.69 Å². The topological polar surface area (TPSA) is 104 Å². The van der Waals surface area contributed by atoms with Crippen LogP contribution in [0.4, 0.5) is 5.69 Å². The molecule has 1 rings (SSSR count). The first-order valence-electron chi connectivity index (χ1n) is 3.99. The van der Waals surface area contributed by atoms with E-state index in [0.29, 0.717) is 12.3 Å². The van der Waals surface area contributed by atoms with E-state index in [1.165, 1.54) is 0 Å². The molecule has 7 nitrogen and oxygen atoms in total. The first kappa shape index (κ1) is 12.6. The summed E-state index contributed by atoms with van der Waals surface area (Å²) in [5, 5.41) is 23.1. The lowest BCUT2D eigenvalue weighted by Crippen LogP contribution is -1.89. The molecule has 0 aliphatic carbocycles. The van der Waals surface area contributed by atoms with Crippen molar-refractivity contribution in [1.82, 2.24) is 0 Å². The maximum Gasteiger partial charge on any atom is 0.385 e. The molecule has 0 heterocycles. The van der Waals surface area contributed by atoms with Crippen molar-refractivity contribution in [2.45, 2.75) is 6.92 Å². The smallest absolute Gasteiger partial charge is 0.385 e. The minimum absolute atomic E-state index is 0.536. The highest BCUT2D eigenvalue weighted by molar-refractivity contribution is 5.46. The lowest BCUT2D eigenvalue weighted by Gasteiger charge is -1.98. The van der Waals surface area contributed by atoms with E-state index in [-0.39, 0.29) is 0 Å². The molecule has 0 aromatic heterocycles. The maximum absolute atomic E-state index is 8.34. The molecular weight excluding hydrogens is 202 g/mol. The second kappa shape index (κ2) is 7.08. The first-order valence-corrected chi connectivity index (χ1v) is 3.99. The van der Waals surface area contributed by atoms with Gasteiger partial charge in [0.05, 0.1) is 11.7 Å². The lowest BCUT2D eigenvalue weighted by atomic mass is 10.3. The summed E-state index contributed by atoms with van der Waals surface area (Å²) in [4.78, 5) is 11.3. The molecule has 0 spiro atoms. The Bertz CT molecular complexity index is 340. The van der Waals surface area contributed by atoms with Crippen LogP contribution >= 0.6 is 0 Å². The van der Waals surface area contributed by atoms with Crippen LogP contribution in [-0.4, -0.2) is 11.7 Å². The fourth-order valence-corrected chi connectivity index (χ4v) is 0.776. The summed E-state index contributed by atoms with van der Waals surface area (Å²) in [5.74, 6) is 0.792. The minimum Gasteiger partial charge on any atom is -0.494 e. The number of hydrogen-bond donors (Lipinski definition) is 0. The molecule has 0 aliphatic rings. The maximum atomic E-state index is 8.34. The molecule has 0 unspecified atom stereocenters. The van der Waals surface area contributed by atoms with Gasteiger partial charge in [-0.2, -0.15) is 0 Å². The zero-order valence-electron chi connectivity index (χ0n) is 7.99. The van der Waals surface area contributed by atoms with E-state index in [1.54, 1.807) is 24.3 Å². The van der Waals surface area contributed by atoms with Gasteiger partial charge in [0, 0.05) is 12.1 Å². The Labute approximate surface area is 85.6 Å². The number of ether oxygens (including phenoxy) is 1. The van der Waals surface area contributed by atoms with Crippen molar-refractivity contribution in [2.24, 2.45) is 0 Å². The quantitative estimate of drug-likeness (QED) is 0.424. The van der Waals surface area contributed by atoms with Gasteiger partial charge in [-0.1, -0.05) is 0 Å². The van der Waals surface area contributed by atoms with E-state index < -0.39 is 5.09 Å². The third-order valence-corrected chi connectivity index (χ3v) is 1.26. The van der Waals surface area contributed by atoms with Crippen LogP contribution in [0.5, 0.6) is 5.75 Å². The van der Waals surface area contributed by atoms with Crippen LogP contribution in [0.15, 0.2) is 24.3 Å². The van der Waals surface area contributed by atoms with Crippen LogP contribution < -0.4 is 4.74 Å². The standard InChI is InChI=1S/C8H9N2O.NO3/c1-2-11-8-5-3-7(10-9)4-6-8;2-1(3)4/h3-6H,2H2,1H3;/q+1;-1. The van der Waals surface area contributed by atoms with Crippen LogP contribution in [0.1, 0.15) is 6.92 Å². The van der Waals surface area contributed by atoms with E-state index >= 15 is 0 Å². The summed E-state index contributed by atoms with van der Waals surface area (Å²) in [7, 11) is 0. The Morgan fingerprint density at radius 3 is 2.20 bits per heavy atom. The molecule has 0 saturated carbocycles. The molecule has 0 aliphatic heterocycles. The Balaban J connectivity index is 0.000000423. The molecule has 0 radical (unpaired) electrons. The summed E-state index contributed by atoms with van der Waals surface area (Å²) >= 11 is 0. The predicted molar refractivity (Wildman–Crippen MR) is 52.7 cm³/mol. The molecule has 7 heteroatoms. The molecule has 0 N–H and O–H groups in total. The lowest BCUT2D eigenvalue weighted by molar-refractivity contribution is -0.402. The van der Waals surface area contributed by atoms with E-state index in [0.717, 1.165) is 5.75 Å². The average molecular weight is 211 g/mol. The molecule has 1 aromatic rings. The number of hydrogen-bond acceptors (Lipinski definition) is 5. The summed E-state index contributed by atoms with van der Waals surface area (Å²) in [5.41, 5.74) is 0.536. The van der Waals surface area contributed by atoms with Crippen LogP contribution in [0.25, 0.3) is 4.98 Å². The molecule has 0 amide bonds. The molecule has 0 saturated heterocycles. The van der Waals surface area contributed by atoms with Crippen molar-refractivity contribution in [2.75, 3.05) is 6.61 Å². The fraction of sp³-hybridized carbons (Fsp3) is 0.250. The highest BCUT2D eigenvalue weighted by Gasteiger charge is 2.01. The monoisotopic (exact) mass is 211 g/mol. The van der Waals surface area contributed by atoms with Gasteiger partial charge in [-0.3, -0.25) is 0 Å². The summed E-state index contributed by atoms with van der Waals surface area (Å²) in [6.07, 6.45) is 0. The van der Waals surface area contributed by atoms with Gasteiger partial charge in [0.15, 0.2) is 4.98 Å². The zero-order chi connectivity index (χ0) is 11.7. The number of nitrogens with zero attached hydrogens (tertiary/aromatic N) is 3. The number of rotatable bonds is 2. The Morgan fingerprint density at radius 2 is 1.87 bits per heavy atom. The highest BCUT2D eigenvalue weighted by atomic mass is 16.9. The molecular formula is C8H9N3O4. The van der Waals surface area contributed by atoms with Gasteiger partial charge in [0.2, 0.25) is 5.39 Å². The first-order chi connectivity index (χ1) is 7.10. The van der Waals surface area contributed by atoms with E-state index in [2.05, 4.69) is 4.98 Å². The molecule has 0 bridgehead atoms. The van der Waals surface area contributed by atoms with Crippen molar-refractivity contribution in [3.05, 3.63) is 44.6 Å². The Hall–Kier alpha value is -2.36. The van der Waals surface area contributed by atoms with Gasteiger partial charge in [-0.25, -0.2) is 0 Å². The van der Waals surface area contributed by atoms with Gasteiger partial charge in [-0.15, -0.1) is 0 Å². The van der Waals surface area contributed by atoms with Crippen molar-refractivity contribution < 1.29 is 9.82 Å². The Morgan fingerprint density at radius 1 is 1.40 bits per heavy atom. The van der Waals surface area contributed by atoms with Crippen LogP contribution in [0.3, 0.4) is 0 Å². The van der Waals surface area contributed by atoms with Crippen LogP contribution in [0.2, 0.25) is 0 Å². The minimum atomic E-state index is -1.75. The normalized spacial score (nSPS) is 8.00. The van der Waals surface area contributed by atoms with Crippen molar-refractivity contribution >= 4 is 5.69 Å². The third kappa shape index (κ3) is 6.77. The van der Waals surface area contributed by atoms with Crippen molar-refractivity contribution in [3.8, 4) is 5.75 Å². The largest absolute Gasteiger partial charge is 0.494 e. The molecule has 15 heavy (non-hydrogen) atoms. The average Bonchev–Trinajstić information content (AvgIpc) is 2.19. The molecule has 1 aromatic carbocycles. The molecule has 0 fully saturated rings. The van der Waals surface area contributed by atoms with Crippen molar-refractivity contribution in [3.63, 3.8) is 0 Å². The van der Waals surface area contributed by atoms with E-state index in [1.807, 2.05) is 6.92 Å². The summed E-state index contributed by atoms with van der Waals surface area (Å²) in [6, 6.07) is 6.90. The van der Waals surface area contributed by atoms with Gasteiger partial charge in [0.1, 0.15) is 5.75 Å². The van der Waals surface area contributed by atoms with Crippen LogP contribution in [-0.2, 0) is 0 Å². The zero-order valence-corrected chi connectivity index (χ0v) is 7.99. The van der Waals surface area contributed by atoms with Crippen LogP contribution in [0, 0.1) is 20.7 Å². The Kier molecular flexibility index (Phi) is 5.97. The second-order valence-electron chi connectivity index (χ2n) is 2.25. The fourth-order valence-electron chi connectivity index (χ4n) is 0.776. The molecule has 80 valence electrons. The SMILES string of the molecule is CCOc1ccc([N+]#N)cc1.O=[N+]([O-])[O-]. The summed E-state index contributed by atoms with van der Waals surface area (Å²) in [6.45, 7) is 2.57.